The van der Waals surface area contributed by atoms with Crippen molar-refractivity contribution in [3.05, 3.63) is 40.2 Å². The third-order valence-electron chi connectivity index (χ3n) is 7.84. The third kappa shape index (κ3) is 4.49. The number of fused-ring (bicyclic) bond motifs is 2. The molecule has 3 heterocycles. The number of ether oxygens (including phenoxy) is 1. The molecule has 0 bridgehead atoms. The number of rotatable bonds is 5. The maximum absolute atomic E-state index is 13.1. The van der Waals surface area contributed by atoms with Gasteiger partial charge in [0.05, 0.1) is 23.0 Å². The van der Waals surface area contributed by atoms with E-state index in [1.165, 1.54) is 0 Å². The van der Waals surface area contributed by atoms with Crippen LogP contribution in [0, 0.1) is 36.0 Å². The van der Waals surface area contributed by atoms with Gasteiger partial charge in [0.2, 0.25) is 5.91 Å². The molecule has 1 aromatic carbocycles. The summed E-state index contributed by atoms with van der Waals surface area (Å²) in [5.41, 5.74) is 4.39. The number of benzene rings is 1. The van der Waals surface area contributed by atoms with Crippen LogP contribution in [0.2, 0.25) is 0 Å². The molecule has 0 saturated carbocycles. The number of nitrogens with one attached hydrogen (secondary N) is 1. The van der Waals surface area contributed by atoms with Gasteiger partial charge in [0.1, 0.15) is 5.75 Å². The van der Waals surface area contributed by atoms with Gasteiger partial charge in [-0.2, -0.15) is 5.26 Å². The summed E-state index contributed by atoms with van der Waals surface area (Å²) in [5, 5.41) is 20.2. The smallest absolute Gasteiger partial charge is 0.260 e. The zero-order valence-corrected chi connectivity index (χ0v) is 20.6. The minimum Gasteiger partial charge on any atom is -0.483 e. The van der Waals surface area contributed by atoms with Crippen LogP contribution in [0.5, 0.6) is 5.75 Å². The molecule has 3 atom stereocenters. The van der Waals surface area contributed by atoms with Gasteiger partial charge in [-0.1, -0.05) is 19.1 Å². The molecule has 2 fully saturated rings. The average molecular weight is 477 g/mol. The number of aromatic amines is 1. The molecule has 2 aliphatic heterocycles. The number of H-pyrrole nitrogens is 1. The second-order valence-corrected chi connectivity index (χ2v) is 10.5. The average Bonchev–Trinajstić information content (AvgIpc) is 3.56. The molecule has 2 saturated heterocycles. The predicted molar refractivity (Wildman–Crippen MR) is 128 cm³/mol. The highest BCUT2D eigenvalue weighted by atomic mass is 16.5. The van der Waals surface area contributed by atoms with Gasteiger partial charge in [0.15, 0.2) is 6.61 Å². The van der Waals surface area contributed by atoms with E-state index in [-0.39, 0.29) is 30.3 Å². The molecule has 2 aromatic rings. The Bertz CT molecular complexity index is 1170. The highest BCUT2D eigenvalue weighted by Crippen LogP contribution is 2.34. The Morgan fingerprint density at radius 3 is 2.60 bits per heavy atom. The second-order valence-electron chi connectivity index (χ2n) is 10.5. The largest absolute Gasteiger partial charge is 0.483 e. The molecule has 1 aliphatic carbocycles. The number of nitriles is 1. The maximum atomic E-state index is 13.1. The topological polar surface area (TPSA) is 115 Å². The highest BCUT2D eigenvalue weighted by Gasteiger charge is 2.44. The van der Waals surface area contributed by atoms with Crippen molar-refractivity contribution in [1.82, 2.24) is 25.2 Å². The van der Waals surface area contributed by atoms with Gasteiger partial charge in [-0.15, -0.1) is 5.10 Å². The zero-order chi connectivity index (χ0) is 24.7. The van der Waals surface area contributed by atoms with Crippen molar-refractivity contribution in [2.45, 2.75) is 46.0 Å². The molecule has 9 nitrogen and oxygen atoms in total. The van der Waals surface area contributed by atoms with Crippen LogP contribution in [-0.4, -0.2) is 69.8 Å². The Kier molecular flexibility index (Phi) is 6.22. The summed E-state index contributed by atoms with van der Waals surface area (Å²) in [6.45, 7) is 8.71. The summed E-state index contributed by atoms with van der Waals surface area (Å²) in [5.74, 6) is 1.65. The minimum atomic E-state index is -0.0279. The second kappa shape index (κ2) is 9.33. The summed E-state index contributed by atoms with van der Waals surface area (Å²) in [6.07, 6.45) is 2.31. The number of nitrogens with zero attached hydrogens (tertiary/aromatic N) is 5. The molecule has 1 N–H and O–H groups in total. The van der Waals surface area contributed by atoms with Gasteiger partial charge >= 0.3 is 0 Å². The Morgan fingerprint density at radius 1 is 1.20 bits per heavy atom. The normalized spacial score (nSPS) is 23.2. The van der Waals surface area contributed by atoms with Gasteiger partial charge in [-0.3, -0.25) is 14.7 Å². The lowest BCUT2D eigenvalue weighted by molar-refractivity contribution is -0.135. The van der Waals surface area contributed by atoms with E-state index in [2.05, 4.69) is 21.5 Å². The van der Waals surface area contributed by atoms with Gasteiger partial charge < -0.3 is 14.5 Å². The Labute approximate surface area is 205 Å². The first kappa shape index (κ1) is 23.3. The maximum Gasteiger partial charge on any atom is 0.260 e. The fraction of sp³-hybridized carbons (Fsp3) is 0.577. The van der Waals surface area contributed by atoms with Crippen molar-refractivity contribution in [2.75, 3.05) is 32.8 Å². The molecule has 5 rings (SSSR count). The highest BCUT2D eigenvalue weighted by molar-refractivity contribution is 5.80. The molecular formula is C26H32N6O3. The number of aryl methyl sites for hydroxylation is 2. The number of carbonyl (C=O) groups is 2. The molecule has 0 spiro atoms. The molecule has 2 amide bonds. The number of carbonyl (C=O) groups excluding carboxylic acids is 2. The Balaban J connectivity index is 1.15. The van der Waals surface area contributed by atoms with Crippen molar-refractivity contribution in [3.8, 4) is 11.8 Å². The van der Waals surface area contributed by atoms with Crippen molar-refractivity contribution < 1.29 is 14.3 Å². The molecule has 1 aromatic heterocycles. The summed E-state index contributed by atoms with van der Waals surface area (Å²) in [6, 6.07) is 5.94. The van der Waals surface area contributed by atoms with Crippen molar-refractivity contribution in [3.63, 3.8) is 0 Å². The van der Waals surface area contributed by atoms with Crippen molar-refractivity contribution in [1.29, 1.82) is 5.26 Å². The predicted octanol–water partition coefficient (Wildman–Crippen LogP) is 2.21. The van der Waals surface area contributed by atoms with E-state index in [0.717, 1.165) is 35.4 Å². The third-order valence-corrected chi connectivity index (χ3v) is 7.84. The minimum absolute atomic E-state index is 0.0186. The van der Waals surface area contributed by atoms with Crippen LogP contribution in [0.1, 0.15) is 54.3 Å². The molecule has 9 heteroatoms. The number of hydrogen-bond donors (Lipinski definition) is 1. The van der Waals surface area contributed by atoms with E-state index in [1.807, 2.05) is 42.7 Å². The number of hydrogen-bond acceptors (Lipinski definition) is 6. The van der Waals surface area contributed by atoms with Crippen LogP contribution in [0.3, 0.4) is 0 Å². The number of amides is 2. The summed E-state index contributed by atoms with van der Waals surface area (Å²) in [4.78, 5) is 30.0. The SMILES string of the molecule is Cc1cc(OCC(=O)N2C[C@@H]3CN(C(=O)[C@@H]4CCc5[nH]nnc5C4)C[C@H]3C2)c(C(C)C)cc1C#N. The van der Waals surface area contributed by atoms with Gasteiger partial charge in [-0.05, 0) is 48.9 Å². The summed E-state index contributed by atoms with van der Waals surface area (Å²) >= 11 is 0. The van der Waals surface area contributed by atoms with E-state index in [9.17, 15) is 14.9 Å². The van der Waals surface area contributed by atoms with Crippen LogP contribution in [0.25, 0.3) is 0 Å². The van der Waals surface area contributed by atoms with E-state index in [4.69, 9.17) is 4.74 Å². The molecule has 0 unspecified atom stereocenters. The van der Waals surface area contributed by atoms with Crippen LogP contribution < -0.4 is 4.74 Å². The fourth-order valence-electron chi connectivity index (χ4n) is 5.76. The van der Waals surface area contributed by atoms with Gasteiger partial charge in [0.25, 0.3) is 5.91 Å². The summed E-state index contributed by atoms with van der Waals surface area (Å²) < 4.78 is 5.96. The van der Waals surface area contributed by atoms with E-state index in [0.29, 0.717) is 55.7 Å². The van der Waals surface area contributed by atoms with Crippen LogP contribution >= 0.6 is 0 Å². The molecule has 3 aliphatic rings. The van der Waals surface area contributed by atoms with E-state index >= 15 is 0 Å². The lowest BCUT2D eigenvalue weighted by atomic mass is 9.89. The fourth-order valence-corrected chi connectivity index (χ4v) is 5.76. The van der Waals surface area contributed by atoms with Crippen LogP contribution in [0.15, 0.2) is 12.1 Å². The van der Waals surface area contributed by atoms with Gasteiger partial charge in [-0.25, -0.2) is 0 Å². The Hall–Kier alpha value is -3.41. The van der Waals surface area contributed by atoms with Gasteiger partial charge in [0, 0.05) is 50.4 Å². The quantitative estimate of drug-likeness (QED) is 0.708. The van der Waals surface area contributed by atoms with E-state index in [1.54, 1.807) is 0 Å². The first-order chi connectivity index (χ1) is 16.8. The molecular weight excluding hydrogens is 444 g/mol. The first-order valence-electron chi connectivity index (χ1n) is 12.5. The Morgan fingerprint density at radius 2 is 1.91 bits per heavy atom. The van der Waals surface area contributed by atoms with Crippen LogP contribution in [0.4, 0.5) is 0 Å². The van der Waals surface area contributed by atoms with E-state index < -0.39 is 0 Å². The molecule has 35 heavy (non-hydrogen) atoms. The zero-order valence-electron chi connectivity index (χ0n) is 20.6. The number of aromatic nitrogens is 3. The van der Waals surface area contributed by atoms with Crippen LogP contribution in [-0.2, 0) is 22.4 Å². The standard InChI is InChI=1S/C26H32N6O3/c1-15(2)21-7-18(9-27)16(3)6-24(21)35-14-25(33)31-10-19-12-32(13-20(19)11-31)26(34)17-4-5-22-23(8-17)29-30-28-22/h6-7,15,17,19-20H,4-5,8,10-14H2,1-3H3,(H,28,29,30)/t17-,19-,20-/m1/s1. The van der Waals surface area contributed by atoms with Crippen molar-refractivity contribution in [2.24, 2.45) is 17.8 Å². The van der Waals surface area contributed by atoms with Crippen molar-refractivity contribution >= 4 is 11.8 Å². The summed E-state index contributed by atoms with van der Waals surface area (Å²) in [7, 11) is 0. The lowest BCUT2D eigenvalue weighted by Crippen LogP contribution is -2.40. The number of likely N-dealkylation sites (tertiary alicyclic amines) is 2. The molecule has 184 valence electrons. The lowest BCUT2D eigenvalue weighted by Gasteiger charge is -2.27. The molecule has 0 radical (unpaired) electrons. The monoisotopic (exact) mass is 476 g/mol. The first-order valence-corrected chi connectivity index (χ1v) is 12.5.